The van der Waals surface area contributed by atoms with E-state index in [1.54, 1.807) is 4.90 Å². The van der Waals surface area contributed by atoms with Crippen LogP contribution in [0.25, 0.3) is 0 Å². The van der Waals surface area contributed by atoms with Gasteiger partial charge in [-0.05, 0) is 0 Å². The van der Waals surface area contributed by atoms with Crippen molar-refractivity contribution in [2.75, 3.05) is 37.6 Å². The lowest BCUT2D eigenvalue weighted by molar-refractivity contribution is -0.129. The maximum Gasteiger partial charge on any atom is 0.236 e. The molecule has 6 nitrogen and oxygen atoms in total. The van der Waals surface area contributed by atoms with Crippen LogP contribution in [-0.4, -0.2) is 52.9 Å². The molecule has 2 N–H and O–H groups in total. The van der Waals surface area contributed by atoms with Gasteiger partial charge in [0.2, 0.25) is 11.0 Å². The monoisotopic (exact) mass is 255 g/mol. The first-order valence-electron chi connectivity index (χ1n) is 5.80. The Bertz CT molecular complexity index is 386. The van der Waals surface area contributed by atoms with Gasteiger partial charge in [-0.25, -0.2) is 4.98 Å². The van der Waals surface area contributed by atoms with Gasteiger partial charge in [0.1, 0.15) is 5.82 Å². The minimum atomic E-state index is 0.0242. The zero-order valence-electron chi connectivity index (χ0n) is 9.93. The van der Waals surface area contributed by atoms with Crippen LogP contribution in [0.2, 0.25) is 0 Å². The highest BCUT2D eigenvalue weighted by molar-refractivity contribution is 7.09. The van der Waals surface area contributed by atoms with Crippen molar-refractivity contribution in [2.24, 2.45) is 5.73 Å². The van der Waals surface area contributed by atoms with Gasteiger partial charge < -0.3 is 15.5 Å². The molecule has 1 amide bonds. The van der Waals surface area contributed by atoms with Crippen LogP contribution in [-0.2, 0) is 11.2 Å². The number of anilines is 1. The molecule has 7 heteroatoms. The average Bonchev–Trinajstić information content (AvgIpc) is 2.87. The van der Waals surface area contributed by atoms with E-state index in [-0.39, 0.29) is 12.5 Å². The van der Waals surface area contributed by atoms with E-state index in [1.165, 1.54) is 11.5 Å². The minimum absolute atomic E-state index is 0.0242. The SMILES string of the molecule is CCc1nsc(N2CCN(C(=O)CN)CC2)n1. The number of hydrogen-bond donors (Lipinski definition) is 1. The van der Waals surface area contributed by atoms with Gasteiger partial charge in [-0.1, -0.05) is 6.92 Å². The van der Waals surface area contributed by atoms with Crippen LogP contribution in [0.5, 0.6) is 0 Å². The Labute approximate surface area is 105 Å². The Morgan fingerprint density at radius 3 is 2.65 bits per heavy atom. The van der Waals surface area contributed by atoms with E-state index < -0.39 is 0 Å². The molecule has 0 saturated carbocycles. The van der Waals surface area contributed by atoms with E-state index in [2.05, 4.69) is 14.3 Å². The van der Waals surface area contributed by atoms with Gasteiger partial charge >= 0.3 is 0 Å². The number of aromatic nitrogens is 2. The molecule has 1 saturated heterocycles. The third-order valence-electron chi connectivity index (χ3n) is 2.85. The standard InChI is InChI=1S/C10H17N5OS/c1-2-8-12-10(17-13-8)15-5-3-14(4-6-15)9(16)7-11/h2-7,11H2,1H3. The van der Waals surface area contributed by atoms with Crippen molar-refractivity contribution in [3.63, 3.8) is 0 Å². The molecule has 94 valence electrons. The van der Waals surface area contributed by atoms with Crippen molar-refractivity contribution in [1.29, 1.82) is 0 Å². The summed E-state index contributed by atoms with van der Waals surface area (Å²) in [5.41, 5.74) is 5.34. The number of carbonyl (C=O) groups excluding carboxylic acids is 1. The van der Waals surface area contributed by atoms with Crippen molar-refractivity contribution in [2.45, 2.75) is 13.3 Å². The molecule has 0 aliphatic carbocycles. The second-order valence-corrected chi connectivity index (χ2v) is 4.65. The molecule has 1 aliphatic rings. The maximum absolute atomic E-state index is 11.4. The van der Waals surface area contributed by atoms with Crippen molar-refractivity contribution >= 4 is 22.6 Å². The first-order valence-corrected chi connectivity index (χ1v) is 6.57. The summed E-state index contributed by atoms with van der Waals surface area (Å²) in [7, 11) is 0. The highest BCUT2D eigenvalue weighted by Gasteiger charge is 2.22. The van der Waals surface area contributed by atoms with E-state index in [0.29, 0.717) is 0 Å². The molecule has 1 aromatic heterocycles. The summed E-state index contributed by atoms with van der Waals surface area (Å²) in [5.74, 6) is 0.918. The third-order valence-corrected chi connectivity index (χ3v) is 3.67. The first-order chi connectivity index (χ1) is 8.24. The lowest BCUT2D eigenvalue weighted by Crippen LogP contribution is -2.50. The predicted molar refractivity (Wildman–Crippen MR) is 67.1 cm³/mol. The number of nitrogens with zero attached hydrogens (tertiary/aromatic N) is 4. The lowest BCUT2D eigenvalue weighted by Gasteiger charge is -2.34. The first kappa shape index (κ1) is 12.3. The Morgan fingerprint density at radius 2 is 2.12 bits per heavy atom. The molecule has 1 aliphatic heterocycles. The number of amides is 1. The van der Waals surface area contributed by atoms with E-state index >= 15 is 0 Å². The molecular formula is C10H17N5OS. The normalized spacial score (nSPS) is 16.4. The second kappa shape index (κ2) is 5.42. The molecular weight excluding hydrogens is 238 g/mol. The minimum Gasteiger partial charge on any atom is -0.343 e. The van der Waals surface area contributed by atoms with Crippen LogP contribution in [0.1, 0.15) is 12.7 Å². The Hall–Kier alpha value is -1.21. The highest BCUT2D eigenvalue weighted by Crippen LogP contribution is 2.19. The summed E-state index contributed by atoms with van der Waals surface area (Å²) in [6, 6.07) is 0. The number of piperazine rings is 1. The van der Waals surface area contributed by atoms with Gasteiger partial charge in [0.15, 0.2) is 0 Å². The fourth-order valence-corrected chi connectivity index (χ4v) is 2.59. The smallest absolute Gasteiger partial charge is 0.236 e. The molecule has 0 bridgehead atoms. The van der Waals surface area contributed by atoms with Crippen molar-refractivity contribution in [1.82, 2.24) is 14.3 Å². The van der Waals surface area contributed by atoms with Gasteiger partial charge in [-0.2, -0.15) is 4.37 Å². The summed E-state index contributed by atoms with van der Waals surface area (Å²) in [5, 5.41) is 0.960. The van der Waals surface area contributed by atoms with Gasteiger partial charge in [0.05, 0.1) is 6.54 Å². The fourth-order valence-electron chi connectivity index (χ4n) is 1.79. The summed E-state index contributed by atoms with van der Waals surface area (Å²) < 4.78 is 4.27. The highest BCUT2D eigenvalue weighted by atomic mass is 32.1. The second-order valence-electron chi connectivity index (χ2n) is 3.92. The van der Waals surface area contributed by atoms with E-state index in [1.807, 2.05) is 6.92 Å². The summed E-state index contributed by atoms with van der Waals surface area (Å²) in [4.78, 5) is 19.8. The predicted octanol–water partition coefficient (Wildman–Crippen LogP) is -0.292. The zero-order chi connectivity index (χ0) is 12.3. The van der Waals surface area contributed by atoms with Gasteiger partial charge in [-0.15, -0.1) is 0 Å². The zero-order valence-corrected chi connectivity index (χ0v) is 10.7. The van der Waals surface area contributed by atoms with Gasteiger partial charge in [0.25, 0.3) is 0 Å². The van der Waals surface area contributed by atoms with E-state index in [4.69, 9.17) is 5.73 Å². The summed E-state index contributed by atoms with van der Waals surface area (Å²) in [6.45, 7) is 5.20. The molecule has 2 heterocycles. The quantitative estimate of drug-likeness (QED) is 0.803. The molecule has 0 radical (unpaired) electrons. The third kappa shape index (κ3) is 2.73. The summed E-state index contributed by atoms with van der Waals surface area (Å²) in [6.07, 6.45) is 0.863. The topological polar surface area (TPSA) is 75.4 Å². The largest absolute Gasteiger partial charge is 0.343 e. The van der Waals surface area contributed by atoms with Gasteiger partial charge in [0, 0.05) is 44.1 Å². The van der Waals surface area contributed by atoms with Crippen molar-refractivity contribution in [3.05, 3.63) is 5.82 Å². The van der Waals surface area contributed by atoms with E-state index in [9.17, 15) is 4.79 Å². The van der Waals surface area contributed by atoms with Gasteiger partial charge in [-0.3, -0.25) is 4.79 Å². The molecule has 2 rings (SSSR count). The van der Waals surface area contributed by atoms with Crippen molar-refractivity contribution < 1.29 is 4.79 Å². The lowest BCUT2D eigenvalue weighted by atomic mass is 10.3. The van der Waals surface area contributed by atoms with Crippen LogP contribution < -0.4 is 10.6 Å². The van der Waals surface area contributed by atoms with Crippen molar-refractivity contribution in [3.8, 4) is 0 Å². The van der Waals surface area contributed by atoms with Crippen LogP contribution in [0.15, 0.2) is 0 Å². The fraction of sp³-hybridized carbons (Fsp3) is 0.700. The number of hydrogen-bond acceptors (Lipinski definition) is 6. The van der Waals surface area contributed by atoms with Crippen LogP contribution >= 0.6 is 11.5 Å². The Morgan fingerprint density at radius 1 is 1.41 bits per heavy atom. The maximum atomic E-state index is 11.4. The van der Waals surface area contributed by atoms with Crippen LogP contribution in [0.3, 0.4) is 0 Å². The van der Waals surface area contributed by atoms with E-state index in [0.717, 1.165) is 43.6 Å². The number of carbonyl (C=O) groups is 1. The molecule has 1 fully saturated rings. The number of aryl methyl sites for hydroxylation is 1. The number of rotatable bonds is 3. The molecule has 17 heavy (non-hydrogen) atoms. The van der Waals surface area contributed by atoms with Crippen LogP contribution in [0, 0.1) is 0 Å². The summed E-state index contributed by atoms with van der Waals surface area (Å²) >= 11 is 1.43. The average molecular weight is 255 g/mol. The molecule has 0 unspecified atom stereocenters. The molecule has 0 spiro atoms. The Balaban J connectivity index is 1.92. The number of nitrogens with two attached hydrogens (primary N) is 1. The molecule has 1 aromatic rings. The molecule has 0 atom stereocenters. The molecule has 0 aromatic carbocycles. The van der Waals surface area contributed by atoms with Crippen LogP contribution in [0.4, 0.5) is 5.13 Å². The Kier molecular flexibility index (Phi) is 3.90.